The lowest BCUT2D eigenvalue weighted by molar-refractivity contribution is -0.605. The third-order valence-corrected chi connectivity index (χ3v) is 0.635. The molecule has 2 nitrogen and oxygen atoms in total. The van der Waals surface area contributed by atoms with Gasteiger partial charge in [0.1, 0.15) is 0 Å². The molecule has 1 heterocycles. The van der Waals surface area contributed by atoms with Gasteiger partial charge in [0.2, 0.25) is 0 Å². The van der Waals surface area contributed by atoms with Gasteiger partial charge >= 0.3 is 0 Å². The van der Waals surface area contributed by atoms with Gasteiger partial charge in [-0.25, -0.2) is 0 Å². The first kappa shape index (κ1) is 4.12. The van der Waals surface area contributed by atoms with Gasteiger partial charge in [0.05, 0.1) is 0 Å². The molecule has 0 unspecified atom stereocenters. The highest BCUT2D eigenvalue weighted by atomic mass is 16.5. The molecule has 0 aliphatic rings. The Bertz CT molecular complexity index is 138. The van der Waals surface area contributed by atoms with Gasteiger partial charge in [0.25, 0.3) is 0 Å². The summed E-state index contributed by atoms with van der Waals surface area (Å²) >= 11 is 0. The highest BCUT2D eigenvalue weighted by Crippen LogP contribution is 1.70. The van der Waals surface area contributed by atoms with E-state index in [1.165, 1.54) is 12.4 Å². The Balaban J connectivity index is 3.02. The molecule has 0 amide bonds. The number of pyridine rings is 1. The van der Waals surface area contributed by atoms with Crippen LogP contribution in [0.4, 0.5) is 0 Å². The third-order valence-electron chi connectivity index (χ3n) is 0.635. The van der Waals surface area contributed by atoms with Crippen LogP contribution in [-0.2, 0) is 0 Å². The number of aromatic nitrogens is 1. The van der Waals surface area contributed by atoms with Crippen LogP contribution in [0.1, 0.15) is 0 Å². The third kappa shape index (κ3) is 0.892. The molecule has 0 aromatic carbocycles. The Labute approximate surface area is 41.6 Å². The summed E-state index contributed by atoms with van der Waals surface area (Å²) in [5.74, 6) is 0. The van der Waals surface area contributed by atoms with E-state index >= 15 is 0 Å². The van der Waals surface area contributed by atoms with Crippen molar-refractivity contribution in [2.75, 3.05) is 0 Å². The van der Waals surface area contributed by atoms with E-state index in [0.717, 1.165) is 4.73 Å². The van der Waals surface area contributed by atoms with E-state index in [1.807, 2.05) is 0 Å². The van der Waals surface area contributed by atoms with Crippen LogP contribution in [-0.4, -0.2) is 0 Å². The van der Waals surface area contributed by atoms with Crippen LogP contribution in [0.15, 0.2) is 24.5 Å². The molecular formula is C5H4NO. The fraction of sp³-hybridized carbons (Fsp3) is 0. The molecule has 1 rings (SSSR count). The topological polar surface area (TPSA) is 26.9 Å². The summed E-state index contributed by atoms with van der Waals surface area (Å²) in [6.45, 7) is 0. The fourth-order valence-corrected chi connectivity index (χ4v) is 0.338. The second-order valence-corrected chi connectivity index (χ2v) is 1.16. The van der Waals surface area contributed by atoms with Crippen molar-refractivity contribution in [1.29, 1.82) is 0 Å². The van der Waals surface area contributed by atoms with Gasteiger partial charge in [0.15, 0.2) is 12.4 Å². The minimum Gasteiger partial charge on any atom is -0.619 e. The largest absolute Gasteiger partial charge is 0.619 e. The monoisotopic (exact) mass is 94.0 g/mol. The van der Waals surface area contributed by atoms with Crippen LogP contribution in [0, 0.1) is 11.3 Å². The van der Waals surface area contributed by atoms with E-state index in [9.17, 15) is 5.21 Å². The van der Waals surface area contributed by atoms with Gasteiger partial charge in [-0.05, 0) is 6.07 Å². The van der Waals surface area contributed by atoms with Crippen molar-refractivity contribution in [3.63, 3.8) is 0 Å². The van der Waals surface area contributed by atoms with Gasteiger partial charge < -0.3 is 5.21 Å². The van der Waals surface area contributed by atoms with Crippen LogP contribution in [0.2, 0.25) is 0 Å². The Kier molecular flexibility index (Phi) is 0.941. The maximum absolute atomic E-state index is 10.2. The van der Waals surface area contributed by atoms with Crippen LogP contribution in [0.3, 0.4) is 0 Å². The quantitative estimate of drug-likeness (QED) is 0.331. The van der Waals surface area contributed by atoms with Crippen molar-refractivity contribution in [1.82, 2.24) is 0 Å². The first-order valence-corrected chi connectivity index (χ1v) is 1.94. The summed E-state index contributed by atoms with van der Waals surface area (Å²) in [6, 6.07) is 5.84. The van der Waals surface area contributed by atoms with E-state index in [2.05, 4.69) is 6.07 Å². The molecule has 1 aromatic heterocycles. The maximum Gasteiger partial charge on any atom is 0.180 e. The Morgan fingerprint density at radius 3 is 2.14 bits per heavy atom. The molecule has 1 aromatic rings. The highest BCUT2D eigenvalue weighted by molar-refractivity contribution is 4.80. The average molecular weight is 94.1 g/mol. The Hall–Kier alpha value is -1.05. The smallest absolute Gasteiger partial charge is 0.180 e. The molecule has 35 valence electrons. The van der Waals surface area contributed by atoms with E-state index in [4.69, 9.17) is 0 Å². The SMILES string of the molecule is [O-][n+]1cc[c]cc1. The van der Waals surface area contributed by atoms with Crippen LogP contribution in [0.5, 0.6) is 0 Å². The zero-order valence-electron chi connectivity index (χ0n) is 3.66. The van der Waals surface area contributed by atoms with Crippen LogP contribution >= 0.6 is 0 Å². The maximum atomic E-state index is 10.2. The second kappa shape index (κ2) is 1.60. The van der Waals surface area contributed by atoms with Crippen molar-refractivity contribution in [2.45, 2.75) is 0 Å². The standard InChI is InChI=1S/C5H4NO/c7-6-4-2-1-3-5-6/h2-5H. The predicted octanol–water partition coefficient (Wildman–Crippen LogP) is 0.120. The van der Waals surface area contributed by atoms with Crippen molar-refractivity contribution in [2.24, 2.45) is 0 Å². The van der Waals surface area contributed by atoms with Crippen molar-refractivity contribution < 1.29 is 4.73 Å². The van der Waals surface area contributed by atoms with Gasteiger partial charge in [-0.2, -0.15) is 4.73 Å². The molecule has 0 bridgehead atoms. The molecule has 2 heteroatoms. The Morgan fingerprint density at radius 1 is 1.29 bits per heavy atom. The van der Waals surface area contributed by atoms with Crippen molar-refractivity contribution in [3.8, 4) is 0 Å². The number of nitrogens with zero attached hydrogens (tertiary/aromatic N) is 1. The molecule has 0 aliphatic heterocycles. The molecule has 0 N–H and O–H groups in total. The average Bonchev–Trinajstić information content (AvgIpc) is 1.69. The molecule has 0 saturated carbocycles. The van der Waals surface area contributed by atoms with Crippen molar-refractivity contribution >= 4 is 0 Å². The lowest BCUT2D eigenvalue weighted by Crippen LogP contribution is -2.22. The van der Waals surface area contributed by atoms with Gasteiger partial charge in [0, 0.05) is 12.1 Å². The summed E-state index contributed by atoms with van der Waals surface area (Å²) in [6.07, 6.45) is 2.78. The predicted molar refractivity (Wildman–Crippen MR) is 24.2 cm³/mol. The molecular weight excluding hydrogens is 90.1 g/mol. The zero-order chi connectivity index (χ0) is 5.11. The molecule has 0 fully saturated rings. The van der Waals surface area contributed by atoms with E-state index < -0.39 is 0 Å². The first-order chi connectivity index (χ1) is 3.39. The lowest BCUT2D eigenvalue weighted by atomic mass is 10.5. The molecule has 0 saturated heterocycles. The highest BCUT2D eigenvalue weighted by Gasteiger charge is 1.75. The van der Waals surface area contributed by atoms with Gasteiger partial charge in [-0.3, -0.25) is 0 Å². The van der Waals surface area contributed by atoms with E-state index in [-0.39, 0.29) is 0 Å². The summed E-state index contributed by atoms with van der Waals surface area (Å²) in [5, 5.41) is 10.2. The summed E-state index contributed by atoms with van der Waals surface area (Å²) in [5.41, 5.74) is 0. The molecule has 7 heavy (non-hydrogen) atoms. The summed E-state index contributed by atoms with van der Waals surface area (Å²) in [7, 11) is 0. The lowest BCUT2D eigenvalue weighted by Gasteiger charge is -1.87. The van der Waals surface area contributed by atoms with Gasteiger partial charge in [-0.1, -0.05) is 0 Å². The second-order valence-electron chi connectivity index (χ2n) is 1.16. The minimum absolute atomic E-state index is 0.719. The van der Waals surface area contributed by atoms with E-state index in [0.29, 0.717) is 0 Å². The number of rotatable bonds is 0. The minimum atomic E-state index is 0.719. The summed E-state index contributed by atoms with van der Waals surface area (Å²) < 4.78 is 0.719. The Morgan fingerprint density at radius 2 is 1.86 bits per heavy atom. The van der Waals surface area contributed by atoms with Gasteiger partial charge in [-0.15, -0.1) is 0 Å². The first-order valence-electron chi connectivity index (χ1n) is 1.94. The molecule has 0 aliphatic carbocycles. The fourth-order valence-electron chi connectivity index (χ4n) is 0.338. The van der Waals surface area contributed by atoms with Crippen LogP contribution < -0.4 is 4.73 Å². The van der Waals surface area contributed by atoms with Crippen LogP contribution in [0.25, 0.3) is 0 Å². The molecule has 0 spiro atoms. The number of hydrogen-bond acceptors (Lipinski definition) is 1. The molecule has 0 atom stereocenters. The number of hydrogen-bond donors (Lipinski definition) is 0. The normalized spacial score (nSPS) is 8.57. The zero-order valence-corrected chi connectivity index (χ0v) is 3.66. The van der Waals surface area contributed by atoms with Crippen molar-refractivity contribution in [3.05, 3.63) is 35.8 Å². The van der Waals surface area contributed by atoms with E-state index in [1.54, 1.807) is 12.1 Å². The molecule has 1 radical (unpaired) electrons. The summed E-state index contributed by atoms with van der Waals surface area (Å²) in [4.78, 5) is 0.